The fraction of sp³-hybridized carbons (Fsp3) is 0.450. The van der Waals surface area contributed by atoms with Crippen molar-refractivity contribution in [2.24, 2.45) is 0 Å². The molecular weight excluding hydrogens is 340 g/mol. The molecular formula is C20H26N6O. The highest BCUT2D eigenvalue weighted by Gasteiger charge is 2.24. The third-order valence-corrected chi connectivity index (χ3v) is 5.23. The quantitative estimate of drug-likeness (QED) is 0.725. The summed E-state index contributed by atoms with van der Waals surface area (Å²) in [7, 11) is 0. The van der Waals surface area contributed by atoms with Crippen LogP contribution in [0.1, 0.15) is 36.8 Å². The molecule has 2 aromatic heterocycles. The smallest absolute Gasteiger partial charge is 0.335 e. The lowest BCUT2D eigenvalue weighted by Crippen LogP contribution is -2.31. The third kappa shape index (κ3) is 3.73. The molecule has 1 saturated heterocycles. The molecule has 7 nitrogen and oxygen atoms in total. The van der Waals surface area contributed by atoms with Crippen molar-refractivity contribution in [1.29, 1.82) is 0 Å². The summed E-state index contributed by atoms with van der Waals surface area (Å²) in [6.07, 6.45) is 6.79. The Morgan fingerprint density at radius 2 is 2.07 bits per heavy atom. The number of para-hydroxylation sites is 1. The molecule has 3 heterocycles. The Labute approximate surface area is 158 Å². The van der Waals surface area contributed by atoms with Gasteiger partial charge in [-0.15, -0.1) is 0 Å². The second kappa shape index (κ2) is 7.92. The first-order valence-electron chi connectivity index (χ1n) is 9.67. The van der Waals surface area contributed by atoms with Gasteiger partial charge in [0.25, 0.3) is 0 Å². The lowest BCUT2D eigenvalue weighted by Gasteiger charge is -2.22. The SMILES string of the molecule is Cc1nccn1CCCn1nc([C@H]2CCCNC2)n(-c2ccccc2)c1=O. The summed E-state index contributed by atoms with van der Waals surface area (Å²) in [4.78, 5) is 17.4. The van der Waals surface area contributed by atoms with Crippen LogP contribution in [0.5, 0.6) is 0 Å². The molecule has 0 saturated carbocycles. The van der Waals surface area contributed by atoms with E-state index < -0.39 is 0 Å². The number of imidazole rings is 1. The van der Waals surface area contributed by atoms with Gasteiger partial charge in [0.2, 0.25) is 0 Å². The Bertz CT molecular complexity index is 933. The van der Waals surface area contributed by atoms with Gasteiger partial charge in [-0.1, -0.05) is 18.2 Å². The average molecular weight is 366 g/mol. The van der Waals surface area contributed by atoms with Crippen LogP contribution in [0.15, 0.2) is 47.5 Å². The van der Waals surface area contributed by atoms with Gasteiger partial charge in [0.1, 0.15) is 11.6 Å². The van der Waals surface area contributed by atoms with Gasteiger partial charge in [0, 0.05) is 37.9 Å². The van der Waals surface area contributed by atoms with Crippen LogP contribution in [-0.4, -0.2) is 37.0 Å². The van der Waals surface area contributed by atoms with Crippen molar-refractivity contribution in [3.05, 3.63) is 64.9 Å². The van der Waals surface area contributed by atoms with Gasteiger partial charge in [-0.2, -0.15) is 5.10 Å². The number of hydrogen-bond acceptors (Lipinski definition) is 4. The molecule has 1 fully saturated rings. The first kappa shape index (κ1) is 17.7. The Hall–Kier alpha value is -2.67. The largest absolute Gasteiger partial charge is 0.350 e. The molecule has 1 aliphatic heterocycles. The number of benzene rings is 1. The van der Waals surface area contributed by atoms with Crippen LogP contribution in [0.3, 0.4) is 0 Å². The maximum Gasteiger partial charge on any atom is 0.350 e. The highest BCUT2D eigenvalue weighted by molar-refractivity contribution is 5.33. The minimum absolute atomic E-state index is 0.0517. The molecule has 0 radical (unpaired) electrons. The van der Waals surface area contributed by atoms with Crippen LogP contribution >= 0.6 is 0 Å². The van der Waals surface area contributed by atoms with Gasteiger partial charge in [0.05, 0.1) is 5.69 Å². The molecule has 1 aliphatic rings. The Kier molecular flexibility index (Phi) is 5.20. The van der Waals surface area contributed by atoms with E-state index in [-0.39, 0.29) is 11.6 Å². The molecule has 1 aromatic carbocycles. The molecule has 7 heteroatoms. The van der Waals surface area contributed by atoms with Crippen molar-refractivity contribution in [3.63, 3.8) is 0 Å². The maximum atomic E-state index is 13.1. The summed E-state index contributed by atoms with van der Waals surface area (Å²) in [6, 6.07) is 9.84. The van der Waals surface area contributed by atoms with Crippen molar-refractivity contribution >= 4 is 0 Å². The number of piperidine rings is 1. The monoisotopic (exact) mass is 366 g/mol. The summed E-state index contributed by atoms with van der Waals surface area (Å²) in [5.74, 6) is 2.13. The molecule has 0 unspecified atom stereocenters. The predicted molar refractivity (Wildman–Crippen MR) is 104 cm³/mol. The van der Waals surface area contributed by atoms with Crippen molar-refractivity contribution in [2.45, 2.75) is 45.2 Å². The van der Waals surface area contributed by atoms with E-state index in [0.717, 1.165) is 56.2 Å². The van der Waals surface area contributed by atoms with Crippen LogP contribution in [0.4, 0.5) is 0 Å². The first-order chi connectivity index (χ1) is 13.2. The lowest BCUT2D eigenvalue weighted by molar-refractivity contribution is 0.436. The Balaban J connectivity index is 1.61. The topological polar surface area (TPSA) is 69.7 Å². The van der Waals surface area contributed by atoms with E-state index in [2.05, 4.69) is 14.9 Å². The van der Waals surface area contributed by atoms with Crippen LogP contribution in [-0.2, 0) is 13.1 Å². The van der Waals surface area contributed by atoms with Gasteiger partial charge in [-0.05, 0) is 44.9 Å². The first-order valence-corrected chi connectivity index (χ1v) is 9.67. The Morgan fingerprint density at radius 1 is 1.22 bits per heavy atom. The second-order valence-corrected chi connectivity index (χ2v) is 7.10. The van der Waals surface area contributed by atoms with Crippen molar-refractivity contribution in [3.8, 4) is 5.69 Å². The molecule has 1 atom stereocenters. The normalized spacial score (nSPS) is 17.3. The number of aromatic nitrogens is 5. The zero-order chi connectivity index (χ0) is 18.6. The van der Waals surface area contributed by atoms with Crippen LogP contribution in [0.25, 0.3) is 5.69 Å². The van der Waals surface area contributed by atoms with Crippen molar-refractivity contribution in [2.75, 3.05) is 13.1 Å². The Morgan fingerprint density at radius 3 is 2.78 bits per heavy atom. The fourth-order valence-electron chi connectivity index (χ4n) is 3.76. The molecule has 1 N–H and O–H groups in total. The van der Waals surface area contributed by atoms with Crippen molar-refractivity contribution < 1.29 is 0 Å². The summed E-state index contributed by atoms with van der Waals surface area (Å²) in [5.41, 5.74) is 0.837. The van der Waals surface area contributed by atoms with Crippen LogP contribution in [0.2, 0.25) is 0 Å². The number of nitrogens with zero attached hydrogens (tertiary/aromatic N) is 5. The highest BCUT2D eigenvalue weighted by Crippen LogP contribution is 2.23. The molecule has 0 aliphatic carbocycles. The molecule has 3 aromatic rings. The van der Waals surface area contributed by atoms with Gasteiger partial charge in [-0.25, -0.2) is 19.0 Å². The minimum atomic E-state index is -0.0517. The molecule has 27 heavy (non-hydrogen) atoms. The van der Waals surface area contributed by atoms with E-state index in [1.807, 2.05) is 43.5 Å². The highest BCUT2D eigenvalue weighted by atomic mass is 16.2. The fourth-order valence-corrected chi connectivity index (χ4v) is 3.76. The van der Waals surface area contributed by atoms with Gasteiger partial charge >= 0.3 is 5.69 Å². The van der Waals surface area contributed by atoms with Gasteiger partial charge in [0.15, 0.2) is 0 Å². The summed E-state index contributed by atoms with van der Waals surface area (Å²) in [6.45, 7) is 5.33. The molecule has 0 bridgehead atoms. The van der Waals surface area contributed by atoms with E-state index in [1.54, 1.807) is 15.4 Å². The molecule has 0 amide bonds. The second-order valence-electron chi connectivity index (χ2n) is 7.10. The number of nitrogens with one attached hydrogen (secondary N) is 1. The van der Waals surface area contributed by atoms with Gasteiger partial charge in [-0.3, -0.25) is 0 Å². The van der Waals surface area contributed by atoms with E-state index in [4.69, 9.17) is 5.10 Å². The molecule has 4 rings (SSSR count). The van der Waals surface area contributed by atoms with E-state index in [1.165, 1.54) is 0 Å². The summed E-state index contributed by atoms with van der Waals surface area (Å²) in [5, 5.41) is 8.19. The summed E-state index contributed by atoms with van der Waals surface area (Å²) >= 11 is 0. The van der Waals surface area contributed by atoms with E-state index in [9.17, 15) is 4.79 Å². The maximum absolute atomic E-state index is 13.1. The minimum Gasteiger partial charge on any atom is -0.335 e. The van der Waals surface area contributed by atoms with Crippen molar-refractivity contribution in [1.82, 2.24) is 29.2 Å². The molecule has 142 valence electrons. The zero-order valence-corrected chi connectivity index (χ0v) is 15.7. The lowest BCUT2D eigenvalue weighted by atomic mass is 9.99. The van der Waals surface area contributed by atoms with Crippen LogP contribution in [0, 0.1) is 6.92 Å². The predicted octanol–water partition coefficient (Wildman–Crippen LogP) is 2.10. The summed E-state index contributed by atoms with van der Waals surface area (Å²) < 4.78 is 5.52. The zero-order valence-electron chi connectivity index (χ0n) is 15.7. The number of rotatable bonds is 6. The standard InChI is InChI=1S/C20H26N6O/c1-16-22-11-14-24(16)12-6-13-25-20(27)26(18-8-3-2-4-9-18)19(23-25)17-7-5-10-21-15-17/h2-4,8-9,11,14,17,21H,5-7,10,12-13,15H2,1H3/t17-/m0/s1. The average Bonchev–Trinajstić information content (AvgIpc) is 3.26. The number of hydrogen-bond donors (Lipinski definition) is 1. The third-order valence-electron chi connectivity index (χ3n) is 5.23. The van der Waals surface area contributed by atoms with Crippen LogP contribution < -0.4 is 11.0 Å². The van der Waals surface area contributed by atoms with Gasteiger partial charge < -0.3 is 9.88 Å². The van der Waals surface area contributed by atoms with E-state index >= 15 is 0 Å². The number of aryl methyl sites for hydroxylation is 3. The van der Waals surface area contributed by atoms with E-state index in [0.29, 0.717) is 6.54 Å². The molecule has 0 spiro atoms.